The zero-order valence-corrected chi connectivity index (χ0v) is 13.0. The van der Waals surface area contributed by atoms with E-state index < -0.39 is 13.0 Å². The molecule has 2 rings (SSSR count). The van der Waals surface area contributed by atoms with E-state index in [0.29, 0.717) is 18.9 Å². The van der Waals surface area contributed by atoms with Crippen LogP contribution in [0.1, 0.15) is 0 Å². The fourth-order valence-corrected chi connectivity index (χ4v) is 2.59. The van der Waals surface area contributed by atoms with Gasteiger partial charge >= 0.3 is 0 Å². The number of hydrogen-bond acceptors (Lipinski definition) is 4. The molecule has 7 heteroatoms. The molecule has 0 saturated carbocycles. The number of nitro groups is 1. The molecule has 0 aliphatic carbocycles. The molecule has 0 bridgehead atoms. The van der Waals surface area contributed by atoms with Crippen LogP contribution in [0.4, 0.5) is 5.69 Å². The zero-order valence-electron chi connectivity index (χ0n) is 12.0. The Morgan fingerprint density at radius 2 is 2.15 bits per heavy atom. The zero-order chi connectivity index (χ0) is 14.8. The average molecular weight is 293 g/mol. The first-order valence-electron chi connectivity index (χ1n) is 6.55. The van der Waals surface area contributed by atoms with Gasteiger partial charge in [-0.1, -0.05) is 31.8 Å². The summed E-state index contributed by atoms with van der Waals surface area (Å²) < 4.78 is 7.20. The molecule has 0 radical (unpaired) electrons. The van der Waals surface area contributed by atoms with Crippen molar-refractivity contribution in [3.05, 3.63) is 34.5 Å². The van der Waals surface area contributed by atoms with E-state index >= 15 is 0 Å². The first kappa shape index (κ1) is 14.7. The number of ether oxygens (including phenoxy) is 1. The van der Waals surface area contributed by atoms with Crippen molar-refractivity contribution in [3.8, 4) is 0 Å². The Hall–Kier alpha value is -1.73. The molecule has 0 atom stereocenters. The molecule has 2 aromatic rings. The molecule has 6 nitrogen and oxygen atoms in total. The number of aromatic nitrogens is 2. The molecular formula is C13H19N3O3Si. The summed E-state index contributed by atoms with van der Waals surface area (Å²) in [5.41, 5.74) is 0.439. The second-order valence-electron chi connectivity index (χ2n) is 5.99. The monoisotopic (exact) mass is 293 g/mol. The van der Waals surface area contributed by atoms with E-state index in [9.17, 15) is 10.1 Å². The minimum Gasteiger partial charge on any atom is -0.360 e. The number of benzene rings is 1. The highest BCUT2D eigenvalue weighted by Crippen LogP contribution is 2.23. The van der Waals surface area contributed by atoms with Crippen LogP contribution in [0.2, 0.25) is 25.7 Å². The molecule has 0 fully saturated rings. The van der Waals surface area contributed by atoms with E-state index in [0.717, 1.165) is 11.4 Å². The van der Waals surface area contributed by atoms with Crippen LogP contribution in [0.15, 0.2) is 24.4 Å². The first-order chi connectivity index (χ1) is 9.37. The molecule has 0 spiro atoms. The molecule has 0 aliphatic rings. The Bertz CT molecular complexity index is 619. The molecule has 0 unspecified atom stereocenters. The summed E-state index contributed by atoms with van der Waals surface area (Å²) in [6.45, 7) is 7.91. The molecular weight excluding hydrogens is 274 g/mol. The number of non-ortho nitro benzene ring substituents is 1. The Balaban J connectivity index is 2.05. The van der Waals surface area contributed by atoms with Crippen LogP contribution in [0, 0.1) is 10.1 Å². The van der Waals surface area contributed by atoms with Gasteiger partial charge in [0.15, 0.2) is 5.52 Å². The highest BCUT2D eigenvalue weighted by atomic mass is 28.3. The summed E-state index contributed by atoms with van der Waals surface area (Å²) in [7, 11) is -1.10. The maximum atomic E-state index is 10.9. The van der Waals surface area contributed by atoms with E-state index in [-0.39, 0.29) is 5.69 Å². The summed E-state index contributed by atoms with van der Waals surface area (Å²) >= 11 is 0. The van der Waals surface area contributed by atoms with Crippen molar-refractivity contribution in [2.75, 3.05) is 6.61 Å². The molecule has 1 aromatic carbocycles. The third-order valence-electron chi connectivity index (χ3n) is 2.98. The molecule has 0 saturated heterocycles. The van der Waals surface area contributed by atoms with Gasteiger partial charge in [-0.15, -0.1) is 0 Å². The highest BCUT2D eigenvalue weighted by Gasteiger charge is 2.15. The van der Waals surface area contributed by atoms with E-state index in [2.05, 4.69) is 24.7 Å². The Kier molecular flexibility index (Phi) is 4.19. The maximum Gasteiger partial charge on any atom is 0.297 e. The van der Waals surface area contributed by atoms with Crippen LogP contribution < -0.4 is 0 Å². The summed E-state index contributed by atoms with van der Waals surface area (Å²) in [4.78, 5) is 10.5. The topological polar surface area (TPSA) is 70.2 Å². The van der Waals surface area contributed by atoms with Crippen LogP contribution in [0.25, 0.3) is 10.9 Å². The minimum atomic E-state index is -1.10. The van der Waals surface area contributed by atoms with Crippen molar-refractivity contribution in [1.29, 1.82) is 0 Å². The lowest BCUT2D eigenvalue weighted by Gasteiger charge is -2.15. The molecule has 0 amide bonds. The number of nitro benzene ring substituents is 1. The van der Waals surface area contributed by atoms with E-state index in [1.807, 2.05) is 6.07 Å². The number of fused-ring (bicyclic) bond motifs is 1. The van der Waals surface area contributed by atoms with Crippen molar-refractivity contribution in [3.63, 3.8) is 0 Å². The summed E-state index contributed by atoms with van der Waals surface area (Å²) in [5.74, 6) is 0. The van der Waals surface area contributed by atoms with E-state index in [1.165, 1.54) is 6.07 Å². The van der Waals surface area contributed by atoms with Crippen LogP contribution in [0.3, 0.4) is 0 Å². The average Bonchev–Trinajstić information content (AvgIpc) is 2.75. The predicted octanol–water partition coefficient (Wildman–Crippen LogP) is 3.26. The Labute approximate surface area is 118 Å². The molecule has 1 aromatic heterocycles. The highest BCUT2D eigenvalue weighted by molar-refractivity contribution is 6.76. The summed E-state index contributed by atoms with van der Waals surface area (Å²) in [5, 5.41) is 15.9. The smallest absolute Gasteiger partial charge is 0.297 e. The Morgan fingerprint density at radius 1 is 1.40 bits per heavy atom. The molecule has 0 N–H and O–H groups in total. The first-order valence-corrected chi connectivity index (χ1v) is 10.3. The molecule has 1 heterocycles. The van der Waals surface area contributed by atoms with Gasteiger partial charge < -0.3 is 4.74 Å². The SMILES string of the molecule is C[Si](C)(C)CCOCn1cc2cccc([N+](=O)[O-])c2n1. The largest absolute Gasteiger partial charge is 0.360 e. The van der Waals surface area contributed by atoms with E-state index in [4.69, 9.17) is 4.74 Å². The molecule has 20 heavy (non-hydrogen) atoms. The number of hydrogen-bond donors (Lipinski definition) is 0. The van der Waals surface area contributed by atoms with Gasteiger partial charge in [0.1, 0.15) is 6.73 Å². The second-order valence-corrected chi connectivity index (χ2v) is 11.6. The lowest BCUT2D eigenvalue weighted by molar-refractivity contribution is -0.383. The van der Waals surface area contributed by atoms with Crippen molar-refractivity contribution < 1.29 is 9.66 Å². The fraction of sp³-hybridized carbons (Fsp3) is 0.462. The third-order valence-corrected chi connectivity index (χ3v) is 4.68. The van der Waals surface area contributed by atoms with Gasteiger partial charge in [0, 0.05) is 32.3 Å². The standard InChI is InChI=1S/C13H19N3O3Si/c1-20(2,3)8-7-19-10-15-9-11-5-4-6-12(16(17)18)13(11)14-15/h4-6,9H,7-8,10H2,1-3H3. The summed E-state index contributed by atoms with van der Waals surface area (Å²) in [6.07, 6.45) is 1.77. The van der Waals surface area contributed by atoms with Gasteiger partial charge in [-0.2, -0.15) is 5.10 Å². The fourth-order valence-electron chi connectivity index (χ4n) is 1.83. The van der Waals surface area contributed by atoms with Crippen molar-refractivity contribution >= 4 is 24.7 Å². The van der Waals surface area contributed by atoms with Gasteiger partial charge in [-0.25, -0.2) is 4.68 Å². The summed E-state index contributed by atoms with van der Waals surface area (Å²) in [6, 6.07) is 6.03. The van der Waals surface area contributed by atoms with Crippen molar-refractivity contribution in [2.45, 2.75) is 32.4 Å². The predicted molar refractivity (Wildman–Crippen MR) is 80.5 cm³/mol. The van der Waals surface area contributed by atoms with Crippen molar-refractivity contribution in [1.82, 2.24) is 9.78 Å². The quantitative estimate of drug-likeness (QED) is 0.355. The van der Waals surface area contributed by atoms with Gasteiger partial charge in [0.25, 0.3) is 5.69 Å². The van der Waals surface area contributed by atoms with Gasteiger partial charge in [0.05, 0.1) is 4.92 Å². The lowest BCUT2D eigenvalue weighted by Crippen LogP contribution is -2.22. The second kappa shape index (κ2) is 5.72. The van der Waals surface area contributed by atoms with Crippen LogP contribution in [-0.4, -0.2) is 29.4 Å². The molecule has 0 aliphatic heterocycles. The third kappa shape index (κ3) is 3.64. The maximum absolute atomic E-state index is 10.9. The van der Waals surface area contributed by atoms with Crippen LogP contribution in [0.5, 0.6) is 0 Å². The minimum absolute atomic E-state index is 0.0309. The number of rotatable bonds is 6. The molecule has 108 valence electrons. The van der Waals surface area contributed by atoms with Gasteiger partial charge in [0.2, 0.25) is 0 Å². The van der Waals surface area contributed by atoms with Crippen molar-refractivity contribution in [2.24, 2.45) is 0 Å². The number of nitrogens with zero attached hydrogens (tertiary/aromatic N) is 3. The van der Waals surface area contributed by atoms with E-state index in [1.54, 1.807) is 16.9 Å². The van der Waals surface area contributed by atoms with Gasteiger partial charge in [-0.05, 0) is 6.04 Å². The van der Waals surface area contributed by atoms with Gasteiger partial charge in [-0.3, -0.25) is 10.1 Å². The Morgan fingerprint density at radius 3 is 2.80 bits per heavy atom. The lowest BCUT2D eigenvalue weighted by atomic mass is 10.2. The van der Waals surface area contributed by atoms with Crippen LogP contribution in [-0.2, 0) is 11.5 Å². The normalized spacial score (nSPS) is 11.9. The van der Waals surface area contributed by atoms with Crippen LogP contribution >= 0.6 is 0 Å².